The van der Waals surface area contributed by atoms with Crippen LogP contribution in [0.4, 0.5) is 5.00 Å². The molecule has 0 atom stereocenters. The summed E-state index contributed by atoms with van der Waals surface area (Å²) in [5.41, 5.74) is 7.25. The highest BCUT2D eigenvalue weighted by atomic mass is 32.2. The van der Waals surface area contributed by atoms with Gasteiger partial charge in [0.15, 0.2) is 5.16 Å². The second-order valence-corrected chi connectivity index (χ2v) is 8.01. The maximum absolute atomic E-state index is 12.5. The number of fused-ring (bicyclic) bond motifs is 1. The Balaban J connectivity index is 1.87. The molecule has 0 saturated heterocycles. The molecule has 1 aliphatic carbocycles. The number of aromatic nitrogens is 2. The average Bonchev–Trinajstić information content (AvgIpc) is 2.94. The molecule has 138 valence electrons. The smallest absolute Gasteiger partial charge is 0.254 e. The first-order valence-corrected chi connectivity index (χ1v) is 10.3. The van der Waals surface area contributed by atoms with E-state index in [4.69, 9.17) is 5.73 Å². The first-order valence-electron chi connectivity index (χ1n) is 8.27. The van der Waals surface area contributed by atoms with Crippen molar-refractivity contribution in [1.82, 2.24) is 9.55 Å². The molecule has 7 nitrogen and oxygen atoms in total. The van der Waals surface area contributed by atoms with Gasteiger partial charge in [0, 0.05) is 16.6 Å². The molecular weight excluding hydrogens is 372 g/mol. The SMILES string of the molecule is CSc1nc(C)cc(=O)n1CC(=O)Nc1sc2c(c1C(N)=O)CCCC2. The summed E-state index contributed by atoms with van der Waals surface area (Å²) in [5.74, 6) is -0.909. The van der Waals surface area contributed by atoms with Crippen molar-refractivity contribution in [2.45, 2.75) is 44.3 Å². The lowest BCUT2D eigenvalue weighted by Crippen LogP contribution is -2.29. The fraction of sp³-hybridized carbons (Fsp3) is 0.412. The number of aryl methyl sites for hydroxylation is 2. The predicted molar refractivity (Wildman–Crippen MR) is 103 cm³/mol. The highest BCUT2D eigenvalue weighted by Gasteiger charge is 2.25. The van der Waals surface area contributed by atoms with E-state index in [2.05, 4.69) is 10.3 Å². The molecule has 2 heterocycles. The van der Waals surface area contributed by atoms with E-state index in [9.17, 15) is 14.4 Å². The van der Waals surface area contributed by atoms with E-state index >= 15 is 0 Å². The van der Waals surface area contributed by atoms with Crippen LogP contribution in [0.5, 0.6) is 0 Å². The van der Waals surface area contributed by atoms with Gasteiger partial charge < -0.3 is 11.1 Å². The summed E-state index contributed by atoms with van der Waals surface area (Å²) in [7, 11) is 0. The van der Waals surface area contributed by atoms with Gasteiger partial charge in [0.25, 0.3) is 11.5 Å². The average molecular weight is 393 g/mol. The van der Waals surface area contributed by atoms with E-state index in [1.807, 2.05) is 0 Å². The molecule has 0 aromatic carbocycles. The summed E-state index contributed by atoms with van der Waals surface area (Å²) in [5, 5.41) is 3.73. The van der Waals surface area contributed by atoms with E-state index in [0.29, 0.717) is 21.4 Å². The summed E-state index contributed by atoms with van der Waals surface area (Å²) >= 11 is 2.71. The van der Waals surface area contributed by atoms with Gasteiger partial charge in [-0.25, -0.2) is 4.98 Å². The molecule has 26 heavy (non-hydrogen) atoms. The topological polar surface area (TPSA) is 107 Å². The van der Waals surface area contributed by atoms with Crippen LogP contribution in [0.1, 0.15) is 39.3 Å². The molecule has 0 bridgehead atoms. The molecule has 2 amide bonds. The lowest BCUT2D eigenvalue weighted by Gasteiger charge is -2.12. The molecule has 0 fully saturated rings. The number of primary amides is 1. The minimum absolute atomic E-state index is 0.164. The second kappa shape index (κ2) is 7.63. The number of thiophene rings is 1. The van der Waals surface area contributed by atoms with Crippen molar-refractivity contribution in [3.05, 3.63) is 38.1 Å². The Morgan fingerprint density at radius 1 is 1.38 bits per heavy atom. The molecule has 0 saturated carbocycles. The number of hydrogen-bond donors (Lipinski definition) is 2. The monoisotopic (exact) mass is 392 g/mol. The number of nitrogens with one attached hydrogen (secondary N) is 1. The Hall–Kier alpha value is -2.13. The van der Waals surface area contributed by atoms with Crippen LogP contribution in [-0.4, -0.2) is 27.6 Å². The highest BCUT2D eigenvalue weighted by molar-refractivity contribution is 7.98. The molecular formula is C17H20N4O3S2. The predicted octanol–water partition coefficient (Wildman–Crippen LogP) is 1.95. The van der Waals surface area contributed by atoms with Crippen LogP contribution in [0.2, 0.25) is 0 Å². The van der Waals surface area contributed by atoms with Crippen molar-refractivity contribution in [2.75, 3.05) is 11.6 Å². The first kappa shape index (κ1) is 18.7. The quantitative estimate of drug-likeness (QED) is 0.597. The second-order valence-electron chi connectivity index (χ2n) is 6.14. The van der Waals surface area contributed by atoms with Crippen LogP contribution in [0.15, 0.2) is 16.0 Å². The maximum Gasteiger partial charge on any atom is 0.254 e. The Kier molecular flexibility index (Phi) is 5.47. The highest BCUT2D eigenvalue weighted by Crippen LogP contribution is 2.37. The van der Waals surface area contributed by atoms with Crippen molar-refractivity contribution in [3.8, 4) is 0 Å². The lowest BCUT2D eigenvalue weighted by atomic mass is 9.95. The number of amides is 2. The van der Waals surface area contributed by atoms with E-state index in [1.165, 1.54) is 33.7 Å². The van der Waals surface area contributed by atoms with Crippen molar-refractivity contribution < 1.29 is 9.59 Å². The molecule has 2 aromatic rings. The minimum atomic E-state index is -0.529. The maximum atomic E-state index is 12.5. The standard InChI is InChI=1S/C17H20N4O3S2/c1-9-7-13(23)21(17(19-9)25-2)8-12(22)20-16-14(15(18)24)10-5-3-4-6-11(10)26-16/h7H,3-6,8H2,1-2H3,(H2,18,24)(H,20,22). The van der Waals surface area contributed by atoms with Gasteiger partial charge in [0.05, 0.1) is 5.56 Å². The van der Waals surface area contributed by atoms with Crippen molar-refractivity contribution in [2.24, 2.45) is 5.73 Å². The van der Waals surface area contributed by atoms with E-state index in [0.717, 1.165) is 36.1 Å². The number of thioether (sulfide) groups is 1. The Morgan fingerprint density at radius 3 is 2.81 bits per heavy atom. The molecule has 0 spiro atoms. The zero-order chi connectivity index (χ0) is 18.8. The van der Waals surface area contributed by atoms with Crippen molar-refractivity contribution >= 4 is 39.9 Å². The molecule has 2 aromatic heterocycles. The van der Waals surface area contributed by atoms with Crippen LogP contribution in [0, 0.1) is 6.92 Å². The van der Waals surface area contributed by atoms with Crippen LogP contribution < -0.4 is 16.6 Å². The number of hydrogen-bond acceptors (Lipinski definition) is 6. The molecule has 0 radical (unpaired) electrons. The van der Waals surface area contributed by atoms with E-state index in [-0.39, 0.29) is 18.0 Å². The van der Waals surface area contributed by atoms with Crippen LogP contribution in [-0.2, 0) is 24.2 Å². The number of carbonyl (C=O) groups excluding carboxylic acids is 2. The Morgan fingerprint density at radius 2 is 2.12 bits per heavy atom. The third-order valence-electron chi connectivity index (χ3n) is 4.26. The lowest BCUT2D eigenvalue weighted by molar-refractivity contribution is -0.116. The van der Waals surface area contributed by atoms with Crippen LogP contribution in [0.25, 0.3) is 0 Å². The van der Waals surface area contributed by atoms with Gasteiger partial charge in [-0.05, 0) is 44.4 Å². The summed E-state index contributed by atoms with van der Waals surface area (Å²) in [6, 6.07) is 1.39. The number of rotatable bonds is 5. The fourth-order valence-electron chi connectivity index (χ4n) is 3.12. The zero-order valence-corrected chi connectivity index (χ0v) is 16.3. The number of nitrogens with zero attached hydrogens (tertiary/aromatic N) is 2. The van der Waals surface area contributed by atoms with Gasteiger partial charge in [-0.15, -0.1) is 11.3 Å². The Labute approximate surface area is 159 Å². The normalized spacial score (nSPS) is 13.3. The van der Waals surface area contributed by atoms with Gasteiger partial charge in [0.2, 0.25) is 5.91 Å². The van der Waals surface area contributed by atoms with Crippen molar-refractivity contribution in [1.29, 1.82) is 0 Å². The largest absolute Gasteiger partial charge is 0.365 e. The van der Waals surface area contributed by atoms with E-state index < -0.39 is 5.91 Å². The number of carbonyl (C=O) groups is 2. The molecule has 3 rings (SSSR count). The molecule has 3 N–H and O–H groups in total. The van der Waals surface area contributed by atoms with Gasteiger partial charge >= 0.3 is 0 Å². The van der Waals surface area contributed by atoms with Gasteiger partial charge in [-0.2, -0.15) is 0 Å². The molecule has 0 unspecified atom stereocenters. The molecule has 1 aliphatic rings. The summed E-state index contributed by atoms with van der Waals surface area (Å²) in [4.78, 5) is 42.0. The number of nitrogens with two attached hydrogens (primary N) is 1. The minimum Gasteiger partial charge on any atom is -0.365 e. The summed E-state index contributed by atoms with van der Waals surface area (Å²) in [6.45, 7) is 1.57. The van der Waals surface area contributed by atoms with Gasteiger partial charge in [0.1, 0.15) is 11.5 Å². The van der Waals surface area contributed by atoms with Gasteiger partial charge in [-0.3, -0.25) is 19.0 Å². The van der Waals surface area contributed by atoms with Crippen LogP contribution in [0.3, 0.4) is 0 Å². The first-order chi connectivity index (χ1) is 12.4. The fourth-order valence-corrected chi connectivity index (χ4v) is 5.04. The molecule has 0 aliphatic heterocycles. The van der Waals surface area contributed by atoms with Crippen molar-refractivity contribution in [3.63, 3.8) is 0 Å². The summed E-state index contributed by atoms with van der Waals surface area (Å²) < 4.78 is 1.32. The summed E-state index contributed by atoms with van der Waals surface area (Å²) in [6.07, 6.45) is 5.58. The van der Waals surface area contributed by atoms with Gasteiger partial charge in [-0.1, -0.05) is 11.8 Å². The zero-order valence-electron chi connectivity index (χ0n) is 14.6. The molecule has 9 heteroatoms. The van der Waals surface area contributed by atoms with Crippen LogP contribution >= 0.6 is 23.1 Å². The third-order valence-corrected chi connectivity index (χ3v) is 6.14. The number of anilines is 1. The Bertz CT molecular complexity index is 933. The third kappa shape index (κ3) is 3.68. The van der Waals surface area contributed by atoms with E-state index in [1.54, 1.807) is 13.2 Å².